The van der Waals surface area contributed by atoms with E-state index in [1.807, 2.05) is 12.1 Å². The molecule has 4 fully saturated rings. The lowest BCUT2D eigenvalue weighted by Crippen LogP contribution is -2.42. The molecule has 0 heterocycles. The molecule has 0 saturated heterocycles. The third-order valence-corrected chi connectivity index (χ3v) is 9.58. The first-order valence-corrected chi connectivity index (χ1v) is 14.4. The van der Waals surface area contributed by atoms with E-state index in [1.165, 1.54) is 62.5 Å². The molecular formula is C32H40N2O2. The first kappa shape index (κ1) is 23.8. The van der Waals surface area contributed by atoms with Crippen LogP contribution in [0.2, 0.25) is 0 Å². The first-order valence-electron chi connectivity index (χ1n) is 14.4. The Labute approximate surface area is 216 Å². The Hall–Kier alpha value is -2.62. The second-order valence-electron chi connectivity index (χ2n) is 11.8. The molecule has 0 aromatic heterocycles. The van der Waals surface area contributed by atoms with Crippen molar-refractivity contribution in [3.63, 3.8) is 0 Å². The summed E-state index contributed by atoms with van der Waals surface area (Å²) in [5.74, 6) is 3.46. The molecule has 190 valence electrons. The number of carbonyl (C=O) groups is 2. The van der Waals surface area contributed by atoms with E-state index in [0.29, 0.717) is 61.7 Å². The van der Waals surface area contributed by atoms with Gasteiger partial charge in [0.25, 0.3) is 0 Å². The summed E-state index contributed by atoms with van der Waals surface area (Å²) in [5, 5.41) is 0. The Balaban J connectivity index is 1.18. The van der Waals surface area contributed by atoms with Crippen LogP contribution < -0.4 is 0 Å². The van der Waals surface area contributed by atoms with Crippen molar-refractivity contribution in [3.05, 3.63) is 71.8 Å². The van der Waals surface area contributed by atoms with E-state index in [4.69, 9.17) is 0 Å². The lowest BCUT2D eigenvalue weighted by atomic mass is 10.0. The fourth-order valence-corrected chi connectivity index (χ4v) is 7.52. The minimum Gasteiger partial charge on any atom is -0.336 e. The van der Waals surface area contributed by atoms with E-state index in [1.54, 1.807) is 0 Å². The van der Waals surface area contributed by atoms with Gasteiger partial charge in [-0.2, -0.15) is 0 Å². The molecule has 6 rings (SSSR count). The van der Waals surface area contributed by atoms with Crippen LogP contribution in [0, 0.1) is 35.5 Å². The summed E-state index contributed by atoms with van der Waals surface area (Å²) in [5.41, 5.74) is 2.34. The molecule has 1 unspecified atom stereocenters. The molecule has 4 saturated carbocycles. The Kier molecular flexibility index (Phi) is 6.86. The van der Waals surface area contributed by atoms with E-state index in [9.17, 15) is 9.59 Å². The van der Waals surface area contributed by atoms with Gasteiger partial charge in [0.05, 0.1) is 0 Å². The van der Waals surface area contributed by atoms with Crippen molar-refractivity contribution in [1.29, 1.82) is 0 Å². The van der Waals surface area contributed by atoms with Gasteiger partial charge in [-0.3, -0.25) is 9.59 Å². The van der Waals surface area contributed by atoms with E-state index in [-0.39, 0.29) is 11.8 Å². The van der Waals surface area contributed by atoms with Gasteiger partial charge in [0.2, 0.25) is 11.8 Å². The molecule has 5 atom stereocenters. The predicted octanol–water partition coefficient (Wildman–Crippen LogP) is 5.92. The highest BCUT2D eigenvalue weighted by Gasteiger charge is 2.57. The normalized spacial score (nSPS) is 30.0. The summed E-state index contributed by atoms with van der Waals surface area (Å²) >= 11 is 0. The maximum atomic E-state index is 13.8. The molecule has 0 N–H and O–H groups in total. The molecule has 0 aliphatic heterocycles. The van der Waals surface area contributed by atoms with Crippen LogP contribution in [0.5, 0.6) is 0 Å². The molecule has 36 heavy (non-hydrogen) atoms. The highest BCUT2D eigenvalue weighted by molar-refractivity contribution is 5.83. The summed E-state index contributed by atoms with van der Waals surface area (Å²) in [7, 11) is 0. The minimum absolute atomic E-state index is 0.209. The molecule has 2 aromatic rings. The van der Waals surface area contributed by atoms with E-state index in [0.717, 1.165) is 0 Å². The number of fused-ring (bicyclic) bond motifs is 2. The van der Waals surface area contributed by atoms with Crippen LogP contribution in [-0.4, -0.2) is 34.7 Å². The summed E-state index contributed by atoms with van der Waals surface area (Å²) in [6.45, 7) is 2.50. The van der Waals surface area contributed by atoms with E-state index < -0.39 is 0 Å². The van der Waals surface area contributed by atoms with Crippen molar-refractivity contribution in [2.45, 2.75) is 64.5 Å². The van der Waals surface area contributed by atoms with Gasteiger partial charge in [0.15, 0.2) is 0 Å². The summed E-state index contributed by atoms with van der Waals surface area (Å²) in [4.78, 5) is 31.7. The van der Waals surface area contributed by atoms with Crippen molar-refractivity contribution >= 4 is 11.8 Å². The zero-order valence-electron chi connectivity index (χ0n) is 21.4. The fraction of sp³-hybridized carbons (Fsp3) is 0.562. The zero-order valence-corrected chi connectivity index (χ0v) is 21.4. The monoisotopic (exact) mass is 484 g/mol. The van der Waals surface area contributed by atoms with Crippen molar-refractivity contribution in [1.82, 2.24) is 9.80 Å². The molecule has 0 radical (unpaired) electrons. The van der Waals surface area contributed by atoms with Crippen LogP contribution in [0.15, 0.2) is 60.7 Å². The molecular weight excluding hydrogens is 444 g/mol. The van der Waals surface area contributed by atoms with Gasteiger partial charge < -0.3 is 9.80 Å². The van der Waals surface area contributed by atoms with Gasteiger partial charge in [-0.1, -0.05) is 86.3 Å². The van der Waals surface area contributed by atoms with E-state index >= 15 is 0 Å². The molecule has 0 spiro atoms. The SMILES string of the molecule is O=C(C1[C@H]2CCCC[C@@H]12)N(CCN(Cc1ccccc1)C(=O)C1[C@@H]2CCCC[C@@H]12)Cc1ccccc1. The molecule has 4 aliphatic rings. The van der Waals surface area contributed by atoms with Crippen LogP contribution in [0.3, 0.4) is 0 Å². The highest BCUT2D eigenvalue weighted by Crippen LogP contribution is 2.57. The second-order valence-corrected chi connectivity index (χ2v) is 11.8. The number of hydrogen-bond acceptors (Lipinski definition) is 2. The number of nitrogens with zero attached hydrogens (tertiary/aromatic N) is 2. The van der Waals surface area contributed by atoms with Gasteiger partial charge in [0.1, 0.15) is 0 Å². The maximum Gasteiger partial charge on any atom is 0.226 e. The van der Waals surface area contributed by atoms with Crippen LogP contribution >= 0.6 is 0 Å². The van der Waals surface area contributed by atoms with Crippen molar-refractivity contribution in [2.75, 3.05) is 13.1 Å². The van der Waals surface area contributed by atoms with Crippen molar-refractivity contribution in [3.8, 4) is 0 Å². The second kappa shape index (κ2) is 10.4. The van der Waals surface area contributed by atoms with Crippen LogP contribution in [0.1, 0.15) is 62.5 Å². The molecule has 2 aromatic carbocycles. The summed E-state index contributed by atoms with van der Waals surface area (Å²) in [6.07, 6.45) is 9.93. The lowest BCUT2D eigenvalue weighted by Gasteiger charge is -2.29. The minimum atomic E-state index is 0.209. The zero-order chi connectivity index (χ0) is 24.5. The Bertz CT molecular complexity index is 945. The Morgan fingerprint density at radius 2 is 0.889 bits per heavy atom. The summed E-state index contributed by atoms with van der Waals surface area (Å²) in [6, 6.07) is 20.7. The van der Waals surface area contributed by atoms with Crippen LogP contribution in [0.4, 0.5) is 0 Å². The standard InChI is InChI=1S/C32H40N2O2/c35-31(29-25-15-7-8-16-26(25)29)33(21-23-11-3-1-4-12-23)19-20-34(22-24-13-5-2-6-14-24)32(36)30-27-17-9-10-18-28(27)30/h1-6,11-14,25-30H,7-10,15-22H2/t25-,26-,27-,28+,30?/m1/s1. The number of carbonyl (C=O) groups excluding carboxylic acids is 2. The van der Waals surface area contributed by atoms with Gasteiger partial charge in [-0.05, 0) is 60.5 Å². The van der Waals surface area contributed by atoms with Crippen LogP contribution in [0.25, 0.3) is 0 Å². The summed E-state index contributed by atoms with van der Waals surface area (Å²) < 4.78 is 0. The number of rotatable bonds is 9. The molecule has 4 heteroatoms. The highest BCUT2D eigenvalue weighted by atomic mass is 16.2. The molecule has 0 bridgehead atoms. The van der Waals surface area contributed by atoms with Crippen molar-refractivity contribution < 1.29 is 9.59 Å². The Morgan fingerprint density at radius 1 is 0.556 bits per heavy atom. The molecule has 4 aliphatic carbocycles. The van der Waals surface area contributed by atoms with Gasteiger partial charge in [0, 0.05) is 38.0 Å². The number of amides is 2. The fourth-order valence-electron chi connectivity index (χ4n) is 7.52. The quantitative estimate of drug-likeness (QED) is 0.443. The lowest BCUT2D eigenvalue weighted by molar-refractivity contribution is -0.138. The smallest absolute Gasteiger partial charge is 0.226 e. The predicted molar refractivity (Wildman–Crippen MR) is 142 cm³/mol. The average molecular weight is 485 g/mol. The largest absolute Gasteiger partial charge is 0.336 e. The number of hydrogen-bond donors (Lipinski definition) is 0. The van der Waals surface area contributed by atoms with Gasteiger partial charge >= 0.3 is 0 Å². The number of benzene rings is 2. The average Bonchev–Trinajstić information content (AvgIpc) is 3.83. The maximum absolute atomic E-state index is 13.8. The van der Waals surface area contributed by atoms with E-state index in [2.05, 4.69) is 58.3 Å². The topological polar surface area (TPSA) is 40.6 Å². The third kappa shape index (κ3) is 4.96. The van der Waals surface area contributed by atoms with Crippen molar-refractivity contribution in [2.24, 2.45) is 35.5 Å². The third-order valence-electron chi connectivity index (χ3n) is 9.58. The van der Waals surface area contributed by atoms with Gasteiger partial charge in [-0.25, -0.2) is 0 Å². The van der Waals surface area contributed by atoms with Crippen LogP contribution in [-0.2, 0) is 22.7 Å². The molecule has 2 amide bonds. The molecule has 4 nitrogen and oxygen atoms in total. The Morgan fingerprint density at radius 3 is 1.22 bits per heavy atom. The van der Waals surface area contributed by atoms with Gasteiger partial charge in [-0.15, -0.1) is 0 Å². The first-order chi connectivity index (χ1) is 17.7.